The summed E-state index contributed by atoms with van der Waals surface area (Å²) in [5, 5.41) is 17.9. The SMILES string of the molecule is CCCCN(CCO)c1nccnc1C#N. The summed E-state index contributed by atoms with van der Waals surface area (Å²) in [6, 6.07) is 2.01. The first-order chi connectivity index (χ1) is 7.83. The lowest BCUT2D eigenvalue weighted by atomic mass is 10.3. The van der Waals surface area contributed by atoms with Gasteiger partial charge in [-0.15, -0.1) is 0 Å². The zero-order chi connectivity index (χ0) is 11.8. The first-order valence-electron chi connectivity index (χ1n) is 5.40. The Morgan fingerprint density at radius 1 is 1.38 bits per heavy atom. The molecule has 0 aliphatic carbocycles. The summed E-state index contributed by atoms with van der Waals surface area (Å²) in [7, 11) is 0. The van der Waals surface area contributed by atoms with Crippen LogP contribution >= 0.6 is 0 Å². The van der Waals surface area contributed by atoms with Crippen molar-refractivity contribution in [2.75, 3.05) is 24.6 Å². The van der Waals surface area contributed by atoms with Crippen LogP contribution in [0.3, 0.4) is 0 Å². The molecule has 1 aromatic rings. The van der Waals surface area contributed by atoms with E-state index >= 15 is 0 Å². The van der Waals surface area contributed by atoms with Crippen molar-refractivity contribution in [3.63, 3.8) is 0 Å². The minimum Gasteiger partial charge on any atom is -0.395 e. The summed E-state index contributed by atoms with van der Waals surface area (Å²) in [5.41, 5.74) is 0.312. The maximum Gasteiger partial charge on any atom is 0.183 e. The highest BCUT2D eigenvalue weighted by Crippen LogP contribution is 2.14. The summed E-state index contributed by atoms with van der Waals surface area (Å²) in [6.07, 6.45) is 5.12. The van der Waals surface area contributed by atoms with Gasteiger partial charge in [-0.3, -0.25) is 0 Å². The lowest BCUT2D eigenvalue weighted by Crippen LogP contribution is -2.29. The number of hydrogen-bond donors (Lipinski definition) is 1. The van der Waals surface area contributed by atoms with Crippen LogP contribution in [0.1, 0.15) is 25.5 Å². The fourth-order valence-electron chi connectivity index (χ4n) is 1.43. The third kappa shape index (κ3) is 3.17. The molecular weight excluding hydrogens is 204 g/mol. The number of rotatable bonds is 6. The molecule has 0 atom stereocenters. The summed E-state index contributed by atoms with van der Waals surface area (Å²) in [6.45, 7) is 3.40. The number of unbranched alkanes of at least 4 members (excludes halogenated alkanes) is 1. The quantitative estimate of drug-likeness (QED) is 0.772. The van der Waals surface area contributed by atoms with Gasteiger partial charge < -0.3 is 10.0 Å². The Bertz CT molecular complexity index is 361. The van der Waals surface area contributed by atoms with E-state index < -0.39 is 0 Å². The average molecular weight is 220 g/mol. The molecule has 16 heavy (non-hydrogen) atoms. The highest BCUT2D eigenvalue weighted by atomic mass is 16.3. The van der Waals surface area contributed by atoms with E-state index in [2.05, 4.69) is 16.9 Å². The topological polar surface area (TPSA) is 73.0 Å². The Hall–Kier alpha value is -1.67. The van der Waals surface area contributed by atoms with Gasteiger partial charge in [-0.25, -0.2) is 9.97 Å². The first-order valence-corrected chi connectivity index (χ1v) is 5.40. The van der Waals surface area contributed by atoms with E-state index in [0.717, 1.165) is 19.4 Å². The van der Waals surface area contributed by atoms with Gasteiger partial charge in [-0.2, -0.15) is 5.26 Å². The molecule has 1 rings (SSSR count). The second-order valence-electron chi connectivity index (χ2n) is 3.40. The van der Waals surface area contributed by atoms with E-state index in [9.17, 15) is 0 Å². The fourth-order valence-corrected chi connectivity index (χ4v) is 1.43. The maximum atomic E-state index is 8.99. The number of nitriles is 1. The smallest absolute Gasteiger partial charge is 0.183 e. The van der Waals surface area contributed by atoms with Crippen molar-refractivity contribution in [1.29, 1.82) is 5.26 Å². The van der Waals surface area contributed by atoms with Crippen LogP contribution in [0.4, 0.5) is 5.82 Å². The van der Waals surface area contributed by atoms with Crippen LogP contribution in [0.15, 0.2) is 12.4 Å². The van der Waals surface area contributed by atoms with Crippen molar-refractivity contribution in [2.24, 2.45) is 0 Å². The van der Waals surface area contributed by atoms with Crippen molar-refractivity contribution >= 4 is 5.82 Å². The van der Waals surface area contributed by atoms with Gasteiger partial charge in [0.1, 0.15) is 6.07 Å². The molecule has 0 aliphatic heterocycles. The molecule has 0 saturated carbocycles. The van der Waals surface area contributed by atoms with E-state index in [-0.39, 0.29) is 6.61 Å². The third-order valence-corrected chi connectivity index (χ3v) is 2.24. The van der Waals surface area contributed by atoms with Crippen molar-refractivity contribution in [3.8, 4) is 6.07 Å². The molecule has 86 valence electrons. The minimum absolute atomic E-state index is 0.0468. The van der Waals surface area contributed by atoms with Gasteiger partial charge in [0.15, 0.2) is 11.5 Å². The van der Waals surface area contributed by atoms with Crippen molar-refractivity contribution < 1.29 is 5.11 Å². The average Bonchev–Trinajstić information content (AvgIpc) is 2.34. The van der Waals surface area contributed by atoms with Crippen molar-refractivity contribution in [3.05, 3.63) is 18.1 Å². The van der Waals surface area contributed by atoms with Crippen molar-refractivity contribution in [2.45, 2.75) is 19.8 Å². The lowest BCUT2D eigenvalue weighted by Gasteiger charge is -2.22. The highest BCUT2D eigenvalue weighted by molar-refractivity contribution is 5.49. The molecule has 0 aliphatic rings. The van der Waals surface area contributed by atoms with Crippen LogP contribution < -0.4 is 4.90 Å². The normalized spacial score (nSPS) is 9.81. The summed E-state index contributed by atoms with van der Waals surface area (Å²) in [5.74, 6) is 0.563. The van der Waals surface area contributed by atoms with Crippen molar-refractivity contribution in [1.82, 2.24) is 9.97 Å². The molecule has 1 N–H and O–H groups in total. The molecule has 1 aromatic heterocycles. The molecule has 0 saturated heterocycles. The molecule has 1 heterocycles. The van der Waals surface area contributed by atoms with Gasteiger partial charge in [0.2, 0.25) is 0 Å². The predicted octanol–water partition coefficient (Wildman–Crippen LogP) is 0.947. The first kappa shape index (κ1) is 12.4. The van der Waals surface area contributed by atoms with Gasteiger partial charge in [-0.1, -0.05) is 13.3 Å². The molecule has 5 heteroatoms. The van der Waals surface area contributed by atoms with Gasteiger partial charge >= 0.3 is 0 Å². The van der Waals surface area contributed by atoms with Crippen LogP contribution in [0.5, 0.6) is 0 Å². The zero-order valence-electron chi connectivity index (χ0n) is 9.43. The third-order valence-electron chi connectivity index (χ3n) is 2.24. The summed E-state index contributed by atoms with van der Waals surface area (Å²) < 4.78 is 0. The van der Waals surface area contributed by atoms with Crippen LogP contribution in [0.25, 0.3) is 0 Å². The van der Waals surface area contributed by atoms with E-state index in [1.54, 1.807) is 6.20 Å². The Kier molecular flexibility index (Phi) is 5.23. The number of anilines is 1. The number of aromatic nitrogens is 2. The number of hydrogen-bond acceptors (Lipinski definition) is 5. The van der Waals surface area contributed by atoms with Gasteiger partial charge in [0, 0.05) is 25.5 Å². The summed E-state index contributed by atoms with van der Waals surface area (Å²) >= 11 is 0. The van der Waals surface area contributed by atoms with Gasteiger partial charge in [0.05, 0.1) is 6.61 Å². The second-order valence-corrected chi connectivity index (χ2v) is 3.40. The van der Waals surface area contributed by atoms with Gasteiger partial charge in [-0.05, 0) is 6.42 Å². The monoisotopic (exact) mass is 220 g/mol. The second kappa shape index (κ2) is 6.75. The molecule has 0 bridgehead atoms. The molecule has 0 spiro atoms. The Morgan fingerprint density at radius 3 is 2.75 bits per heavy atom. The zero-order valence-corrected chi connectivity index (χ0v) is 9.43. The predicted molar refractivity (Wildman–Crippen MR) is 61.0 cm³/mol. The van der Waals surface area contributed by atoms with Crippen LogP contribution in [-0.2, 0) is 0 Å². The number of aliphatic hydroxyl groups is 1. The summed E-state index contributed by atoms with van der Waals surface area (Å²) in [4.78, 5) is 10.0. The molecule has 0 radical (unpaired) electrons. The van der Waals surface area contributed by atoms with E-state index in [1.165, 1.54) is 6.20 Å². The Labute approximate surface area is 95.4 Å². The molecule has 5 nitrogen and oxygen atoms in total. The Morgan fingerprint density at radius 2 is 2.12 bits per heavy atom. The van der Waals surface area contributed by atoms with Crippen LogP contribution in [0.2, 0.25) is 0 Å². The Balaban J connectivity index is 2.87. The molecule has 0 amide bonds. The number of nitrogens with zero attached hydrogens (tertiary/aromatic N) is 4. The van der Waals surface area contributed by atoms with Gasteiger partial charge in [0.25, 0.3) is 0 Å². The molecule has 0 fully saturated rings. The molecule has 0 aromatic carbocycles. The molecular formula is C11H16N4O. The molecule has 0 unspecified atom stereocenters. The lowest BCUT2D eigenvalue weighted by molar-refractivity contribution is 0.301. The number of aliphatic hydroxyl groups excluding tert-OH is 1. The van der Waals surface area contributed by atoms with E-state index in [0.29, 0.717) is 18.1 Å². The fraction of sp³-hybridized carbons (Fsp3) is 0.545. The highest BCUT2D eigenvalue weighted by Gasteiger charge is 2.12. The maximum absolute atomic E-state index is 8.99. The van der Waals surface area contributed by atoms with E-state index in [4.69, 9.17) is 10.4 Å². The van der Waals surface area contributed by atoms with Crippen LogP contribution in [0, 0.1) is 11.3 Å². The standard InChI is InChI=1S/C11H16N4O/c1-2-3-6-15(7-8-16)11-10(9-12)13-4-5-14-11/h4-5,16H,2-3,6-8H2,1H3. The minimum atomic E-state index is 0.0468. The van der Waals surface area contributed by atoms with E-state index in [1.807, 2.05) is 11.0 Å². The van der Waals surface area contributed by atoms with Crippen LogP contribution in [-0.4, -0.2) is 34.8 Å². The largest absolute Gasteiger partial charge is 0.395 e.